The summed E-state index contributed by atoms with van der Waals surface area (Å²) in [5, 5.41) is 9.59. The van der Waals surface area contributed by atoms with Crippen molar-refractivity contribution in [2.24, 2.45) is 11.8 Å². The van der Waals surface area contributed by atoms with Gasteiger partial charge in [-0.1, -0.05) is 11.6 Å². The molecule has 4 aliphatic rings. The van der Waals surface area contributed by atoms with E-state index in [2.05, 4.69) is 14.8 Å². The van der Waals surface area contributed by atoms with E-state index in [0.29, 0.717) is 42.7 Å². The molecule has 1 aromatic carbocycles. The number of rotatable bonds is 5. The number of fused-ring (bicyclic) bond motifs is 3. The van der Waals surface area contributed by atoms with E-state index in [-0.39, 0.29) is 18.4 Å². The number of benzene rings is 1. The first-order chi connectivity index (χ1) is 15.9. The number of amides is 1. The van der Waals surface area contributed by atoms with Crippen LogP contribution in [0.1, 0.15) is 61.7 Å². The number of hydrogen-bond donors (Lipinski definition) is 0. The highest BCUT2D eigenvalue weighted by Crippen LogP contribution is 2.44. The zero-order valence-corrected chi connectivity index (χ0v) is 19.3. The minimum atomic E-state index is -2.70. The molecule has 2 aromatic rings. The predicted molar refractivity (Wildman–Crippen MR) is 119 cm³/mol. The second-order valence-electron chi connectivity index (χ2n) is 10.1. The van der Waals surface area contributed by atoms with Gasteiger partial charge in [-0.2, -0.15) is 0 Å². The van der Waals surface area contributed by atoms with Crippen LogP contribution in [0.5, 0.6) is 0 Å². The number of nitrogens with zero attached hydrogens (tertiary/aromatic N) is 5. The van der Waals surface area contributed by atoms with Gasteiger partial charge in [-0.15, -0.1) is 10.2 Å². The average Bonchev–Trinajstić information content (AvgIpc) is 3.69. The van der Waals surface area contributed by atoms with Crippen LogP contribution in [0.15, 0.2) is 18.2 Å². The van der Waals surface area contributed by atoms with Crippen molar-refractivity contribution in [1.82, 2.24) is 24.6 Å². The molecule has 0 bridgehead atoms. The first kappa shape index (κ1) is 21.5. The SMILES string of the molecule is O=C(C1CC1)N1CCC(c2nnc3n2-c2ccc(Cl)cc2CN(CC(F)(F)C2CC2)C3)CC1. The normalized spacial score (nSPS) is 22.1. The molecule has 0 unspecified atom stereocenters. The van der Waals surface area contributed by atoms with Gasteiger partial charge in [0, 0.05) is 42.4 Å². The lowest BCUT2D eigenvalue weighted by molar-refractivity contribution is -0.133. The predicted octanol–water partition coefficient (Wildman–Crippen LogP) is 4.40. The van der Waals surface area contributed by atoms with E-state index in [9.17, 15) is 13.6 Å². The van der Waals surface area contributed by atoms with E-state index >= 15 is 0 Å². The summed E-state index contributed by atoms with van der Waals surface area (Å²) in [6.45, 7) is 1.90. The molecule has 3 heterocycles. The molecule has 0 radical (unpaired) electrons. The number of halogens is 3. The lowest BCUT2D eigenvalue weighted by atomic mass is 9.95. The van der Waals surface area contributed by atoms with Crippen LogP contribution in [0.25, 0.3) is 5.69 Å². The Bertz CT molecular complexity index is 1070. The van der Waals surface area contributed by atoms with Crippen LogP contribution in [0.4, 0.5) is 8.78 Å². The number of carbonyl (C=O) groups is 1. The Morgan fingerprint density at radius 3 is 2.52 bits per heavy atom. The molecule has 0 N–H and O–H groups in total. The summed E-state index contributed by atoms with van der Waals surface area (Å²) < 4.78 is 31.4. The fourth-order valence-corrected chi connectivity index (χ4v) is 5.54. The quantitative estimate of drug-likeness (QED) is 0.643. The van der Waals surface area contributed by atoms with Crippen molar-refractivity contribution in [2.75, 3.05) is 19.6 Å². The lowest BCUT2D eigenvalue weighted by Crippen LogP contribution is -2.39. The molecule has 9 heteroatoms. The molecule has 2 aliphatic carbocycles. The first-order valence-electron chi connectivity index (χ1n) is 12.0. The molecule has 0 spiro atoms. The van der Waals surface area contributed by atoms with E-state index in [1.54, 1.807) is 4.90 Å². The van der Waals surface area contributed by atoms with E-state index in [0.717, 1.165) is 55.8 Å². The van der Waals surface area contributed by atoms with Gasteiger partial charge in [0.15, 0.2) is 5.82 Å². The highest BCUT2D eigenvalue weighted by atomic mass is 35.5. The Balaban J connectivity index is 1.29. The summed E-state index contributed by atoms with van der Waals surface area (Å²) in [5.41, 5.74) is 1.83. The molecule has 1 saturated heterocycles. The first-order valence-corrected chi connectivity index (χ1v) is 12.4. The topological polar surface area (TPSA) is 54.3 Å². The van der Waals surface area contributed by atoms with Crippen molar-refractivity contribution in [3.05, 3.63) is 40.4 Å². The third kappa shape index (κ3) is 4.16. The van der Waals surface area contributed by atoms with Crippen LogP contribution in [-0.4, -0.2) is 56.0 Å². The Hall–Kier alpha value is -2.06. The Morgan fingerprint density at radius 2 is 1.82 bits per heavy atom. The Kier molecular flexibility index (Phi) is 5.21. The number of hydrogen-bond acceptors (Lipinski definition) is 4. The fourth-order valence-electron chi connectivity index (χ4n) is 5.35. The largest absolute Gasteiger partial charge is 0.342 e. The average molecular weight is 476 g/mol. The number of aromatic nitrogens is 3. The van der Waals surface area contributed by atoms with Crippen molar-refractivity contribution in [3.8, 4) is 5.69 Å². The van der Waals surface area contributed by atoms with E-state index in [1.807, 2.05) is 23.1 Å². The number of piperidine rings is 1. The van der Waals surface area contributed by atoms with Gasteiger partial charge in [0.2, 0.25) is 5.91 Å². The van der Waals surface area contributed by atoms with Gasteiger partial charge in [0.05, 0.1) is 18.8 Å². The van der Waals surface area contributed by atoms with Crippen molar-refractivity contribution in [1.29, 1.82) is 0 Å². The maximum atomic E-state index is 14.7. The summed E-state index contributed by atoms with van der Waals surface area (Å²) in [5.74, 6) is -0.938. The molecule has 176 valence electrons. The second-order valence-corrected chi connectivity index (χ2v) is 10.6. The van der Waals surface area contributed by atoms with Gasteiger partial charge in [0.1, 0.15) is 5.82 Å². The van der Waals surface area contributed by atoms with E-state index in [4.69, 9.17) is 11.6 Å². The lowest BCUT2D eigenvalue weighted by Gasteiger charge is -2.32. The van der Waals surface area contributed by atoms with Crippen molar-refractivity contribution in [3.63, 3.8) is 0 Å². The highest BCUT2D eigenvalue weighted by Gasteiger charge is 2.48. The molecule has 2 aliphatic heterocycles. The van der Waals surface area contributed by atoms with Gasteiger partial charge in [-0.05, 0) is 62.3 Å². The van der Waals surface area contributed by atoms with Crippen molar-refractivity contribution >= 4 is 17.5 Å². The van der Waals surface area contributed by atoms with Gasteiger partial charge in [-0.3, -0.25) is 14.3 Å². The molecule has 6 nitrogen and oxygen atoms in total. The molecule has 1 amide bonds. The number of alkyl halides is 2. The van der Waals surface area contributed by atoms with E-state index < -0.39 is 11.8 Å². The minimum Gasteiger partial charge on any atom is -0.342 e. The van der Waals surface area contributed by atoms with Crippen LogP contribution in [-0.2, 0) is 17.9 Å². The molecule has 2 saturated carbocycles. The van der Waals surface area contributed by atoms with Crippen LogP contribution >= 0.6 is 11.6 Å². The second kappa shape index (κ2) is 8.01. The molecule has 1 aromatic heterocycles. The van der Waals surface area contributed by atoms with Crippen LogP contribution in [0.2, 0.25) is 5.02 Å². The zero-order chi connectivity index (χ0) is 22.7. The maximum Gasteiger partial charge on any atom is 0.263 e. The van der Waals surface area contributed by atoms with Crippen molar-refractivity contribution < 1.29 is 13.6 Å². The third-order valence-corrected chi connectivity index (χ3v) is 7.74. The number of likely N-dealkylation sites (tertiary alicyclic amines) is 1. The highest BCUT2D eigenvalue weighted by molar-refractivity contribution is 6.30. The summed E-state index contributed by atoms with van der Waals surface area (Å²) in [6.07, 6.45) is 4.92. The Morgan fingerprint density at radius 1 is 1.06 bits per heavy atom. The molecule has 3 fully saturated rings. The molecule has 33 heavy (non-hydrogen) atoms. The summed E-state index contributed by atoms with van der Waals surface area (Å²) >= 11 is 6.29. The van der Waals surface area contributed by atoms with Gasteiger partial charge in [-0.25, -0.2) is 8.78 Å². The van der Waals surface area contributed by atoms with Crippen molar-refractivity contribution in [2.45, 2.75) is 63.5 Å². The van der Waals surface area contributed by atoms with Gasteiger partial charge < -0.3 is 4.90 Å². The molecular weight excluding hydrogens is 448 g/mol. The molecule has 0 atom stereocenters. The molecule has 6 rings (SSSR count). The molecular formula is C24H28ClF2N5O. The van der Waals surface area contributed by atoms with E-state index in [1.165, 1.54) is 0 Å². The summed E-state index contributed by atoms with van der Waals surface area (Å²) in [4.78, 5) is 16.2. The third-order valence-electron chi connectivity index (χ3n) is 7.50. The van der Waals surface area contributed by atoms with Gasteiger partial charge >= 0.3 is 0 Å². The maximum absolute atomic E-state index is 14.7. The van der Waals surface area contributed by atoms with Crippen LogP contribution in [0.3, 0.4) is 0 Å². The Labute approximate surface area is 196 Å². The van der Waals surface area contributed by atoms with Crippen LogP contribution < -0.4 is 0 Å². The van der Waals surface area contributed by atoms with Crippen LogP contribution in [0, 0.1) is 11.8 Å². The monoisotopic (exact) mass is 475 g/mol. The van der Waals surface area contributed by atoms with Gasteiger partial charge in [0.25, 0.3) is 5.92 Å². The summed E-state index contributed by atoms with van der Waals surface area (Å²) in [7, 11) is 0. The number of carbonyl (C=O) groups excluding carboxylic acids is 1. The standard InChI is InChI=1S/C24H28ClF2N5O/c25-19-5-6-20-17(11-19)12-30(14-24(26,27)18-3-4-18)13-21-28-29-22(32(20)21)15-7-9-31(10-8-15)23(33)16-1-2-16/h5-6,11,15-16,18H,1-4,7-10,12-14H2. The zero-order valence-electron chi connectivity index (χ0n) is 18.5. The fraction of sp³-hybridized carbons (Fsp3) is 0.625. The smallest absolute Gasteiger partial charge is 0.263 e. The minimum absolute atomic E-state index is 0.178. The summed E-state index contributed by atoms with van der Waals surface area (Å²) in [6, 6.07) is 5.65.